The minimum Gasteiger partial charge on any atom is -0.462 e. The molecule has 3 rings (SSSR count). The van der Waals surface area contributed by atoms with Gasteiger partial charge in [-0.15, -0.1) is 0 Å². The molecule has 0 radical (unpaired) electrons. The molecule has 6 nitrogen and oxygen atoms in total. The molecule has 1 amide bonds. The van der Waals surface area contributed by atoms with Crippen molar-refractivity contribution in [3.63, 3.8) is 0 Å². The molecule has 0 spiro atoms. The standard InChI is InChI=1S/C18H19N3O3/c1-3-24-18(23)14-4-7-17(19-11-14)20-15-5-6-16-13(10-15)8-9-21(16)12(2)22/h4-7,10-11H,3,8-9H2,1-2H3,(H,19,20). The van der Waals surface area contributed by atoms with Crippen LogP contribution in [0, 0.1) is 0 Å². The number of nitrogens with zero attached hydrogens (tertiary/aromatic N) is 2. The minimum absolute atomic E-state index is 0.0608. The molecule has 6 heteroatoms. The van der Waals surface area contributed by atoms with E-state index in [4.69, 9.17) is 4.74 Å². The normalized spacial score (nSPS) is 12.7. The number of hydrogen-bond acceptors (Lipinski definition) is 5. The molecule has 0 bridgehead atoms. The lowest BCUT2D eigenvalue weighted by molar-refractivity contribution is -0.116. The van der Waals surface area contributed by atoms with Crippen molar-refractivity contribution in [1.82, 2.24) is 4.98 Å². The number of anilines is 3. The summed E-state index contributed by atoms with van der Waals surface area (Å²) in [6, 6.07) is 9.30. The molecule has 0 aliphatic carbocycles. The van der Waals surface area contributed by atoms with Crippen molar-refractivity contribution < 1.29 is 14.3 Å². The zero-order valence-corrected chi connectivity index (χ0v) is 13.7. The van der Waals surface area contributed by atoms with Crippen LogP contribution >= 0.6 is 0 Å². The zero-order chi connectivity index (χ0) is 17.1. The maximum Gasteiger partial charge on any atom is 0.339 e. The van der Waals surface area contributed by atoms with E-state index in [1.807, 2.05) is 18.2 Å². The second kappa shape index (κ2) is 6.70. The van der Waals surface area contributed by atoms with E-state index in [1.165, 1.54) is 6.20 Å². The Morgan fingerprint density at radius 3 is 2.79 bits per heavy atom. The molecule has 1 aliphatic heterocycles. The maximum atomic E-state index is 11.6. The highest BCUT2D eigenvalue weighted by Crippen LogP contribution is 2.31. The van der Waals surface area contributed by atoms with Crippen LogP contribution < -0.4 is 10.2 Å². The summed E-state index contributed by atoms with van der Waals surface area (Å²) in [6.45, 7) is 4.41. The summed E-state index contributed by atoms with van der Waals surface area (Å²) in [5.41, 5.74) is 3.43. The lowest BCUT2D eigenvalue weighted by Gasteiger charge is -2.15. The number of carbonyl (C=O) groups is 2. The first-order valence-electron chi connectivity index (χ1n) is 7.89. The smallest absolute Gasteiger partial charge is 0.339 e. The average molecular weight is 325 g/mol. The Hall–Kier alpha value is -2.89. The van der Waals surface area contributed by atoms with Crippen molar-refractivity contribution >= 4 is 29.1 Å². The van der Waals surface area contributed by atoms with Gasteiger partial charge in [0.2, 0.25) is 5.91 Å². The third-order valence-corrected chi connectivity index (χ3v) is 3.90. The first-order chi connectivity index (χ1) is 11.6. The van der Waals surface area contributed by atoms with Gasteiger partial charge in [0.15, 0.2) is 0 Å². The first-order valence-corrected chi connectivity index (χ1v) is 7.89. The Kier molecular flexibility index (Phi) is 4.46. The van der Waals surface area contributed by atoms with Crippen LogP contribution in [0.3, 0.4) is 0 Å². The van der Waals surface area contributed by atoms with Crippen LogP contribution in [-0.4, -0.2) is 30.0 Å². The summed E-state index contributed by atoms with van der Waals surface area (Å²) < 4.78 is 4.93. The van der Waals surface area contributed by atoms with E-state index in [9.17, 15) is 9.59 Å². The second-order valence-electron chi connectivity index (χ2n) is 5.54. The molecule has 0 unspecified atom stereocenters. The fourth-order valence-corrected chi connectivity index (χ4v) is 2.76. The molecular weight excluding hydrogens is 306 g/mol. The highest BCUT2D eigenvalue weighted by atomic mass is 16.5. The van der Waals surface area contributed by atoms with Gasteiger partial charge in [0.05, 0.1) is 12.2 Å². The third kappa shape index (κ3) is 3.22. The minimum atomic E-state index is -0.376. The van der Waals surface area contributed by atoms with Crippen LogP contribution in [0.15, 0.2) is 36.5 Å². The van der Waals surface area contributed by atoms with E-state index < -0.39 is 0 Å². The Labute approximate surface area is 140 Å². The van der Waals surface area contributed by atoms with Gasteiger partial charge in [-0.2, -0.15) is 0 Å². The molecule has 124 valence electrons. The van der Waals surface area contributed by atoms with Gasteiger partial charge in [-0.3, -0.25) is 4.79 Å². The van der Waals surface area contributed by atoms with Gasteiger partial charge in [0, 0.05) is 31.0 Å². The first kappa shape index (κ1) is 16.0. The molecule has 24 heavy (non-hydrogen) atoms. The Morgan fingerprint density at radius 2 is 2.12 bits per heavy atom. The van der Waals surface area contributed by atoms with Crippen LogP contribution in [0.25, 0.3) is 0 Å². The fourth-order valence-electron chi connectivity index (χ4n) is 2.76. The summed E-state index contributed by atoms with van der Waals surface area (Å²) in [5.74, 6) is 0.327. The second-order valence-corrected chi connectivity index (χ2v) is 5.54. The van der Waals surface area contributed by atoms with E-state index in [-0.39, 0.29) is 11.9 Å². The number of nitrogens with one attached hydrogen (secondary N) is 1. The van der Waals surface area contributed by atoms with Gasteiger partial charge in [0.25, 0.3) is 0 Å². The van der Waals surface area contributed by atoms with Crippen LogP contribution in [0.1, 0.15) is 29.8 Å². The summed E-state index contributed by atoms with van der Waals surface area (Å²) in [5, 5.41) is 3.21. The van der Waals surface area contributed by atoms with Crippen LogP contribution in [0.2, 0.25) is 0 Å². The number of esters is 1. The van der Waals surface area contributed by atoms with E-state index in [2.05, 4.69) is 10.3 Å². The summed E-state index contributed by atoms with van der Waals surface area (Å²) in [4.78, 5) is 29.2. The Balaban J connectivity index is 1.73. The largest absolute Gasteiger partial charge is 0.462 e. The van der Waals surface area contributed by atoms with Gasteiger partial charge in [-0.1, -0.05) is 0 Å². The molecule has 0 saturated heterocycles. The van der Waals surface area contributed by atoms with E-state index in [0.717, 1.165) is 29.9 Å². The summed E-state index contributed by atoms with van der Waals surface area (Å²) in [6.07, 6.45) is 2.34. The van der Waals surface area contributed by atoms with Gasteiger partial charge in [0.1, 0.15) is 5.82 Å². The van der Waals surface area contributed by atoms with Crippen molar-refractivity contribution in [1.29, 1.82) is 0 Å². The lowest BCUT2D eigenvalue weighted by atomic mass is 10.1. The number of pyridine rings is 1. The average Bonchev–Trinajstić information content (AvgIpc) is 2.99. The van der Waals surface area contributed by atoms with Crippen molar-refractivity contribution in [2.75, 3.05) is 23.4 Å². The molecule has 2 aromatic rings. The number of benzene rings is 1. The fraction of sp³-hybridized carbons (Fsp3) is 0.278. The number of fused-ring (bicyclic) bond motifs is 1. The number of amides is 1. The predicted molar refractivity (Wildman–Crippen MR) is 91.6 cm³/mol. The predicted octanol–water partition coefficient (Wildman–Crippen LogP) is 2.91. The SMILES string of the molecule is CCOC(=O)c1ccc(Nc2ccc3c(c2)CCN3C(C)=O)nc1. The number of aromatic nitrogens is 1. The molecule has 0 saturated carbocycles. The van der Waals surface area contributed by atoms with Crippen LogP contribution in [0.5, 0.6) is 0 Å². The number of ether oxygens (including phenoxy) is 1. The van der Waals surface area contributed by atoms with Gasteiger partial charge < -0.3 is 15.0 Å². The molecule has 1 aromatic heterocycles. The zero-order valence-electron chi connectivity index (χ0n) is 13.7. The molecule has 1 aliphatic rings. The van der Waals surface area contributed by atoms with E-state index in [0.29, 0.717) is 18.0 Å². The molecule has 1 aromatic carbocycles. The highest BCUT2D eigenvalue weighted by Gasteiger charge is 2.22. The Bertz CT molecular complexity index is 772. The number of hydrogen-bond donors (Lipinski definition) is 1. The van der Waals surface area contributed by atoms with Crippen LogP contribution in [-0.2, 0) is 16.0 Å². The van der Waals surface area contributed by atoms with Gasteiger partial charge in [-0.25, -0.2) is 9.78 Å². The molecule has 2 heterocycles. The third-order valence-electron chi connectivity index (χ3n) is 3.90. The topological polar surface area (TPSA) is 71.5 Å². The monoisotopic (exact) mass is 325 g/mol. The van der Waals surface area contributed by atoms with E-state index >= 15 is 0 Å². The molecule has 1 N–H and O–H groups in total. The maximum absolute atomic E-state index is 11.6. The quantitative estimate of drug-likeness (QED) is 0.875. The summed E-state index contributed by atoms with van der Waals surface area (Å²) >= 11 is 0. The van der Waals surface area contributed by atoms with Crippen molar-refractivity contribution in [2.24, 2.45) is 0 Å². The highest BCUT2D eigenvalue weighted by molar-refractivity contribution is 5.94. The number of carbonyl (C=O) groups excluding carboxylic acids is 2. The van der Waals surface area contributed by atoms with Gasteiger partial charge >= 0.3 is 5.97 Å². The molecule has 0 fully saturated rings. The van der Waals surface area contributed by atoms with Crippen molar-refractivity contribution in [3.8, 4) is 0 Å². The lowest BCUT2D eigenvalue weighted by Crippen LogP contribution is -2.25. The Morgan fingerprint density at radius 1 is 1.29 bits per heavy atom. The van der Waals surface area contributed by atoms with E-state index in [1.54, 1.807) is 30.9 Å². The van der Waals surface area contributed by atoms with Crippen LogP contribution in [0.4, 0.5) is 17.2 Å². The number of rotatable bonds is 4. The summed E-state index contributed by atoms with van der Waals surface area (Å²) in [7, 11) is 0. The molecular formula is C18H19N3O3. The van der Waals surface area contributed by atoms with Crippen molar-refractivity contribution in [2.45, 2.75) is 20.3 Å². The van der Waals surface area contributed by atoms with Gasteiger partial charge in [-0.05, 0) is 49.2 Å². The van der Waals surface area contributed by atoms with Crippen molar-refractivity contribution in [3.05, 3.63) is 47.7 Å². The molecule has 0 atom stereocenters.